The Morgan fingerprint density at radius 2 is 1.64 bits per heavy atom. The van der Waals surface area contributed by atoms with E-state index in [1.165, 1.54) is 0 Å². The summed E-state index contributed by atoms with van der Waals surface area (Å²) in [5.74, 6) is 0.0396. The molecule has 3 amide bonds. The van der Waals surface area contributed by atoms with Crippen molar-refractivity contribution >= 4 is 11.9 Å². The van der Waals surface area contributed by atoms with Crippen LogP contribution in [0.3, 0.4) is 0 Å². The summed E-state index contributed by atoms with van der Waals surface area (Å²) in [5.41, 5.74) is 2.37. The molecule has 22 heavy (non-hydrogen) atoms. The number of carbonyl (C=O) groups excluding carboxylic acids is 2. The van der Waals surface area contributed by atoms with Crippen LogP contribution < -0.4 is 5.32 Å². The van der Waals surface area contributed by atoms with E-state index < -0.39 is 0 Å². The molecule has 6 heteroatoms. The van der Waals surface area contributed by atoms with Crippen LogP contribution in [-0.2, 0) is 0 Å². The van der Waals surface area contributed by atoms with Gasteiger partial charge in [0.25, 0.3) is 5.91 Å². The smallest absolute Gasteiger partial charge is 0.317 e. The maximum absolute atomic E-state index is 12.5. The fraction of sp³-hybridized carbons (Fsp3) is 0.625. The molecule has 2 rings (SSSR count). The quantitative estimate of drug-likeness (QED) is 0.832. The van der Waals surface area contributed by atoms with Crippen LogP contribution in [0.25, 0.3) is 0 Å². The van der Waals surface area contributed by atoms with E-state index in [2.05, 4.69) is 10.3 Å². The monoisotopic (exact) mass is 306 g/mol. The SMILES string of the molecule is Cc1cc(C(=O)N2CCN(C(=O)NC(C)(C)C)CC2)c(C)[nH]1. The number of carbonyl (C=O) groups is 2. The summed E-state index contributed by atoms with van der Waals surface area (Å²) in [6.07, 6.45) is 0. The number of hydrogen-bond donors (Lipinski definition) is 2. The molecule has 122 valence electrons. The Hall–Kier alpha value is -1.98. The predicted octanol–water partition coefficient (Wildman–Crippen LogP) is 1.90. The average molecular weight is 306 g/mol. The van der Waals surface area contributed by atoms with Crippen LogP contribution >= 0.6 is 0 Å². The van der Waals surface area contributed by atoms with E-state index in [-0.39, 0.29) is 17.5 Å². The number of rotatable bonds is 1. The number of H-pyrrole nitrogens is 1. The van der Waals surface area contributed by atoms with Gasteiger partial charge in [-0.25, -0.2) is 4.79 Å². The third-order valence-corrected chi connectivity index (χ3v) is 3.72. The lowest BCUT2D eigenvalue weighted by Crippen LogP contribution is -2.56. The van der Waals surface area contributed by atoms with Gasteiger partial charge >= 0.3 is 6.03 Å². The molecule has 2 N–H and O–H groups in total. The van der Waals surface area contributed by atoms with Crippen molar-refractivity contribution in [2.75, 3.05) is 26.2 Å². The summed E-state index contributed by atoms with van der Waals surface area (Å²) >= 11 is 0. The summed E-state index contributed by atoms with van der Waals surface area (Å²) in [7, 11) is 0. The molecule has 1 aliphatic rings. The molecule has 0 saturated carbocycles. The minimum absolute atomic E-state index is 0.0396. The predicted molar refractivity (Wildman–Crippen MR) is 86.0 cm³/mol. The third-order valence-electron chi connectivity index (χ3n) is 3.72. The zero-order valence-corrected chi connectivity index (χ0v) is 14.1. The van der Waals surface area contributed by atoms with Crippen molar-refractivity contribution in [3.8, 4) is 0 Å². The van der Waals surface area contributed by atoms with E-state index in [1.807, 2.05) is 45.6 Å². The fourth-order valence-electron chi connectivity index (χ4n) is 2.63. The normalized spacial score (nSPS) is 15.9. The van der Waals surface area contributed by atoms with Crippen LogP contribution in [0, 0.1) is 13.8 Å². The maximum atomic E-state index is 12.5. The highest BCUT2D eigenvalue weighted by Crippen LogP contribution is 2.14. The minimum Gasteiger partial charge on any atom is -0.362 e. The first-order chi connectivity index (χ1) is 10.2. The number of aromatic amines is 1. The topological polar surface area (TPSA) is 68.4 Å². The zero-order valence-electron chi connectivity index (χ0n) is 14.1. The van der Waals surface area contributed by atoms with Gasteiger partial charge in [0, 0.05) is 43.1 Å². The van der Waals surface area contributed by atoms with E-state index >= 15 is 0 Å². The largest absolute Gasteiger partial charge is 0.362 e. The standard InChI is InChI=1S/C16H26N4O2/c1-11-10-13(12(2)17-11)14(21)19-6-8-20(9-7-19)15(22)18-16(3,4)5/h10,17H,6-9H2,1-5H3,(H,18,22). The van der Waals surface area contributed by atoms with Gasteiger partial charge in [-0.3, -0.25) is 4.79 Å². The van der Waals surface area contributed by atoms with Crippen LogP contribution in [0.1, 0.15) is 42.5 Å². The fourth-order valence-corrected chi connectivity index (χ4v) is 2.63. The van der Waals surface area contributed by atoms with Gasteiger partial charge in [0.1, 0.15) is 0 Å². The van der Waals surface area contributed by atoms with Crippen molar-refractivity contribution < 1.29 is 9.59 Å². The van der Waals surface area contributed by atoms with Gasteiger partial charge in [0.2, 0.25) is 0 Å². The molecular formula is C16H26N4O2. The maximum Gasteiger partial charge on any atom is 0.317 e. The second kappa shape index (κ2) is 6.02. The van der Waals surface area contributed by atoms with Crippen LogP contribution in [0.5, 0.6) is 0 Å². The van der Waals surface area contributed by atoms with Gasteiger partial charge in [0.15, 0.2) is 0 Å². The highest BCUT2D eigenvalue weighted by molar-refractivity contribution is 5.95. The first kappa shape index (κ1) is 16.4. The van der Waals surface area contributed by atoms with Crippen molar-refractivity contribution in [3.63, 3.8) is 0 Å². The molecule has 1 aliphatic heterocycles. The van der Waals surface area contributed by atoms with Crippen LogP contribution in [0.15, 0.2) is 6.07 Å². The molecule has 0 aromatic carbocycles. The average Bonchev–Trinajstić information content (AvgIpc) is 2.75. The molecular weight excluding hydrogens is 280 g/mol. The number of piperazine rings is 1. The Labute approximate surface area is 131 Å². The van der Waals surface area contributed by atoms with Crippen LogP contribution in [0.2, 0.25) is 0 Å². The molecule has 0 unspecified atom stereocenters. The number of nitrogens with zero attached hydrogens (tertiary/aromatic N) is 2. The highest BCUT2D eigenvalue weighted by atomic mass is 16.2. The lowest BCUT2D eigenvalue weighted by Gasteiger charge is -2.36. The molecule has 1 fully saturated rings. The molecule has 1 aromatic rings. The molecule has 1 aromatic heterocycles. The second-order valence-electron chi connectivity index (χ2n) is 6.95. The van der Waals surface area contributed by atoms with Crippen molar-refractivity contribution in [3.05, 3.63) is 23.0 Å². The summed E-state index contributed by atoms with van der Waals surface area (Å²) in [5, 5.41) is 2.96. The molecule has 0 atom stereocenters. The van der Waals surface area contributed by atoms with Crippen molar-refractivity contribution in [2.24, 2.45) is 0 Å². The van der Waals surface area contributed by atoms with Gasteiger partial charge < -0.3 is 20.1 Å². The number of nitrogens with one attached hydrogen (secondary N) is 2. The minimum atomic E-state index is -0.246. The van der Waals surface area contributed by atoms with Gasteiger partial charge in [-0.2, -0.15) is 0 Å². The zero-order chi connectivity index (χ0) is 16.5. The molecule has 0 radical (unpaired) electrons. The molecule has 0 spiro atoms. The lowest BCUT2D eigenvalue weighted by molar-refractivity contribution is 0.0660. The number of urea groups is 1. The van der Waals surface area contributed by atoms with Crippen molar-refractivity contribution in [1.29, 1.82) is 0 Å². The highest BCUT2D eigenvalue weighted by Gasteiger charge is 2.27. The molecule has 0 aliphatic carbocycles. The third kappa shape index (κ3) is 3.81. The van der Waals surface area contributed by atoms with E-state index in [9.17, 15) is 9.59 Å². The summed E-state index contributed by atoms with van der Waals surface area (Å²) < 4.78 is 0. The van der Waals surface area contributed by atoms with Gasteiger partial charge in [-0.15, -0.1) is 0 Å². The van der Waals surface area contributed by atoms with Gasteiger partial charge in [-0.05, 0) is 40.7 Å². The van der Waals surface area contributed by atoms with Gasteiger partial charge in [-0.1, -0.05) is 0 Å². The Balaban J connectivity index is 1.93. The van der Waals surface area contributed by atoms with Crippen molar-refractivity contribution in [2.45, 2.75) is 40.2 Å². The molecule has 2 heterocycles. The molecule has 6 nitrogen and oxygen atoms in total. The number of amides is 3. The van der Waals surface area contributed by atoms with E-state index in [4.69, 9.17) is 0 Å². The second-order valence-corrected chi connectivity index (χ2v) is 6.95. The number of hydrogen-bond acceptors (Lipinski definition) is 2. The first-order valence-electron chi connectivity index (χ1n) is 7.70. The number of aromatic nitrogens is 1. The summed E-state index contributed by atoms with van der Waals surface area (Å²) in [4.78, 5) is 31.4. The van der Waals surface area contributed by atoms with E-state index in [0.717, 1.165) is 17.0 Å². The Kier molecular flexibility index (Phi) is 4.49. The Morgan fingerprint density at radius 3 is 2.09 bits per heavy atom. The summed E-state index contributed by atoms with van der Waals surface area (Å²) in [6, 6.07) is 1.82. The Bertz CT molecular complexity index is 563. The van der Waals surface area contributed by atoms with Crippen LogP contribution in [0.4, 0.5) is 4.79 Å². The summed E-state index contributed by atoms with van der Waals surface area (Å²) in [6.45, 7) is 12.0. The number of aryl methyl sites for hydroxylation is 2. The molecule has 0 bridgehead atoms. The lowest BCUT2D eigenvalue weighted by atomic mass is 10.1. The van der Waals surface area contributed by atoms with Crippen LogP contribution in [-0.4, -0.2) is 58.4 Å². The van der Waals surface area contributed by atoms with Crippen molar-refractivity contribution in [1.82, 2.24) is 20.1 Å². The van der Waals surface area contributed by atoms with E-state index in [1.54, 1.807) is 4.90 Å². The van der Waals surface area contributed by atoms with Gasteiger partial charge in [0.05, 0.1) is 5.56 Å². The molecule has 1 saturated heterocycles. The Morgan fingerprint density at radius 1 is 1.09 bits per heavy atom. The van der Waals surface area contributed by atoms with E-state index in [0.29, 0.717) is 26.2 Å². The first-order valence-corrected chi connectivity index (χ1v) is 7.70.